The molecule has 0 saturated carbocycles. The Labute approximate surface area is 157 Å². The van der Waals surface area contributed by atoms with Crippen LogP contribution < -0.4 is 11.2 Å². The van der Waals surface area contributed by atoms with E-state index in [0.717, 1.165) is 23.0 Å². The standard InChI is InChI=1S/C19H28N2O4S/c1-7-12(2)8-9-20-17-15(13(3)11-26-17)16(23)21(18(20)24)10-14(22)25-19(4,5)6/h11-12H,7-10H2,1-6H3. The van der Waals surface area contributed by atoms with E-state index < -0.39 is 22.8 Å². The molecule has 2 aromatic heterocycles. The lowest BCUT2D eigenvalue weighted by Gasteiger charge is -2.20. The van der Waals surface area contributed by atoms with Crippen LogP contribution in [0, 0.1) is 12.8 Å². The average Bonchev–Trinajstić information content (AvgIpc) is 2.91. The Kier molecular flexibility index (Phi) is 6.11. The lowest BCUT2D eigenvalue weighted by Crippen LogP contribution is -2.42. The van der Waals surface area contributed by atoms with Crippen molar-refractivity contribution < 1.29 is 9.53 Å². The third-order valence-corrected chi connectivity index (χ3v) is 5.49. The van der Waals surface area contributed by atoms with Crippen LogP contribution in [0.5, 0.6) is 0 Å². The Morgan fingerprint density at radius 1 is 1.27 bits per heavy atom. The van der Waals surface area contributed by atoms with Crippen LogP contribution in [0.15, 0.2) is 15.0 Å². The molecule has 0 aliphatic heterocycles. The fourth-order valence-electron chi connectivity index (χ4n) is 2.74. The van der Waals surface area contributed by atoms with E-state index in [1.54, 1.807) is 25.3 Å². The van der Waals surface area contributed by atoms with E-state index in [-0.39, 0.29) is 6.54 Å². The SMILES string of the molecule is CCC(C)CCn1c(=O)n(CC(=O)OC(C)(C)C)c(=O)c2c(C)csc21. The van der Waals surface area contributed by atoms with Gasteiger partial charge in [-0.1, -0.05) is 20.3 Å². The molecular formula is C19H28N2O4S. The van der Waals surface area contributed by atoms with Gasteiger partial charge in [-0.15, -0.1) is 11.3 Å². The molecule has 0 aromatic carbocycles. The number of aryl methyl sites for hydroxylation is 2. The molecule has 2 aromatic rings. The van der Waals surface area contributed by atoms with Crippen molar-refractivity contribution in [2.24, 2.45) is 5.92 Å². The van der Waals surface area contributed by atoms with E-state index in [9.17, 15) is 14.4 Å². The van der Waals surface area contributed by atoms with Crippen molar-refractivity contribution in [2.75, 3.05) is 0 Å². The van der Waals surface area contributed by atoms with Crippen LogP contribution in [0.1, 0.15) is 53.0 Å². The first-order chi connectivity index (χ1) is 12.0. The van der Waals surface area contributed by atoms with Gasteiger partial charge in [0.2, 0.25) is 0 Å². The van der Waals surface area contributed by atoms with E-state index in [2.05, 4.69) is 13.8 Å². The molecule has 144 valence electrons. The van der Waals surface area contributed by atoms with Crippen molar-refractivity contribution in [1.29, 1.82) is 0 Å². The zero-order chi connectivity index (χ0) is 19.6. The molecule has 0 amide bonds. The summed E-state index contributed by atoms with van der Waals surface area (Å²) in [6, 6.07) is 0. The fourth-order valence-corrected chi connectivity index (χ4v) is 3.81. The lowest BCUT2D eigenvalue weighted by molar-refractivity contribution is -0.155. The van der Waals surface area contributed by atoms with Crippen LogP contribution in [0.4, 0.5) is 0 Å². The molecule has 7 heteroatoms. The van der Waals surface area contributed by atoms with Crippen molar-refractivity contribution in [3.8, 4) is 0 Å². The molecule has 2 rings (SSSR count). The second-order valence-corrected chi connectivity index (χ2v) is 8.67. The van der Waals surface area contributed by atoms with Gasteiger partial charge in [0.05, 0.1) is 5.39 Å². The first kappa shape index (κ1) is 20.4. The van der Waals surface area contributed by atoms with Gasteiger partial charge in [0.25, 0.3) is 5.56 Å². The highest BCUT2D eigenvalue weighted by Gasteiger charge is 2.21. The summed E-state index contributed by atoms with van der Waals surface area (Å²) in [6.45, 7) is 11.5. The maximum absolute atomic E-state index is 12.9. The van der Waals surface area contributed by atoms with E-state index >= 15 is 0 Å². The predicted molar refractivity (Wildman–Crippen MR) is 105 cm³/mol. The highest BCUT2D eigenvalue weighted by Crippen LogP contribution is 2.22. The van der Waals surface area contributed by atoms with Gasteiger partial charge in [-0.2, -0.15) is 0 Å². The third kappa shape index (κ3) is 4.44. The van der Waals surface area contributed by atoms with Crippen LogP contribution >= 0.6 is 11.3 Å². The van der Waals surface area contributed by atoms with Gasteiger partial charge in [-0.25, -0.2) is 9.36 Å². The van der Waals surface area contributed by atoms with Gasteiger partial charge in [0, 0.05) is 6.54 Å². The van der Waals surface area contributed by atoms with Crippen LogP contribution in [0.25, 0.3) is 10.2 Å². The molecule has 26 heavy (non-hydrogen) atoms. The van der Waals surface area contributed by atoms with E-state index in [1.165, 1.54) is 11.3 Å². The number of esters is 1. The van der Waals surface area contributed by atoms with Crippen LogP contribution in [0.2, 0.25) is 0 Å². The van der Waals surface area contributed by atoms with Gasteiger partial charge in [-0.3, -0.25) is 14.2 Å². The Morgan fingerprint density at radius 3 is 2.50 bits per heavy atom. The largest absolute Gasteiger partial charge is 0.459 e. The van der Waals surface area contributed by atoms with Crippen molar-refractivity contribution in [1.82, 2.24) is 9.13 Å². The number of aromatic nitrogens is 2. The molecule has 0 aliphatic carbocycles. The first-order valence-electron chi connectivity index (χ1n) is 8.98. The minimum absolute atomic E-state index is 0.372. The van der Waals surface area contributed by atoms with Crippen LogP contribution in [-0.4, -0.2) is 20.7 Å². The van der Waals surface area contributed by atoms with E-state index in [4.69, 9.17) is 4.74 Å². The predicted octanol–water partition coefficient (Wildman–Crippen LogP) is 3.31. The van der Waals surface area contributed by atoms with Crippen molar-refractivity contribution in [3.63, 3.8) is 0 Å². The summed E-state index contributed by atoms with van der Waals surface area (Å²) < 4.78 is 7.92. The molecule has 0 bridgehead atoms. The highest BCUT2D eigenvalue weighted by molar-refractivity contribution is 7.17. The molecule has 0 spiro atoms. The normalized spacial score (nSPS) is 13.2. The van der Waals surface area contributed by atoms with Crippen molar-refractivity contribution in [3.05, 3.63) is 31.8 Å². The number of carbonyl (C=O) groups is 1. The number of ether oxygens (including phenoxy) is 1. The van der Waals surface area contributed by atoms with E-state index in [0.29, 0.717) is 22.7 Å². The number of carbonyl (C=O) groups excluding carboxylic acids is 1. The Bertz CT molecular complexity index is 914. The monoisotopic (exact) mass is 380 g/mol. The molecule has 0 fully saturated rings. The summed E-state index contributed by atoms with van der Waals surface area (Å²) in [7, 11) is 0. The molecule has 0 N–H and O–H groups in total. The molecule has 6 nitrogen and oxygen atoms in total. The number of fused-ring (bicyclic) bond motifs is 1. The number of rotatable bonds is 6. The number of hydrogen-bond acceptors (Lipinski definition) is 5. The smallest absolute Gasteiger partial charge is 0.332 e. The summed E-state index contributed by atoms with van der Waals surface area (Å²) in [6.07, 6.45) is 1.87. The first-order valence-corrected chi connectivity index (χ1v) is 9.86. The van der Waals surface area contributed by atoms with Gasteiger partial charge in [0.1, 0.15) is 17.0 Å². The summed E-state index contributed by atoms with van der Waals surface area (Å²) >= 11 is 1.40. The summed E-state index contributed by atoms with van der Waals surface area (Å²) in [5.74, 6) is -0.110. The lowest BCUT2D eigenvalue weighted by atomic mass is 10.1. The maximum atomic E-state index is 12.9. The summed E-state index contributed by atoms with van der Waals surface area (Å²) in [5, 5.41) is 2.39. The molecule has 2 heterocycles. The molecule has 1 atom stereocenters. The third-order valence-electron chi connectivity index (χ3n) is 4.37. The highest BCUT2D eigenvalue weighted by atomic mass is 32.1. The minimum atomic E-state index is -0.668. The fraction of sp³-hybridized carbons (Fsp3) is 0.632. The Morgan fingerprint density at radius 2 is 1.92 bits per heavy atom. The maximum Gasteiger partial charge on any atom is 0.332 e. The molecule has 1 unspecified atom stereocenters. The molecule has 0 saturated heterocycles. The quantitative estimate of drug-likeness (QED) is 0.721. The van der Waals surface area contributed by atoms with Gasteiger partial charge >= 0.3 is 11.7 Å². The van der Waals surface area contributed by atoms with Gasteiger partial charge < -0.3 is 4.74 Å². The van der Waals surface area contributed by atoms with Crippen LogP contribution in [0.3, 0.4) is 0 Å². The number of hydrogen-bond donors (Lipinski definition) is 0. The van der Waals surface area contributed by atoms with Crippen molar-refractivity contribution in [2.45, 2.75) is 73.1 Å². The zero-order valence-electron chi connectivity index (χ0n) is 16.4. The molecule has 0 radical (unpaired) electrons. The number of thiophene rings is 1. The summed E-state index contributed by atoms with van der Waals surface area (Å²) in [5.41, 5.74) is -0.711. The molecular weight excluding hydrogens is 352 g/mol. The topological polar surface area (TPSA) is 70.3 Å². The zero-order valence-corrected chi connectivity index (χ0v) is 17.2. The number of nitrogens with zero attached hydrogens (tertiary/aromatic N) is 2. The van der Waals surface area contributed by atoms with Crippen LogP contribution in [-0.2, 0) is 22.6 Å². The minimum Gasteiger partial charge on any atom is -0.459 e. The Hall–Kier alpha value is -1.89. The molecule has 0 aliphatic rings. The van der Waals surface area contributed by atoms with Gasteiger partial charge in [-0.05, 0) is 51.0 Å². The van der Waals surface area contributed by atoms with Gasteiger partial charge in [0.15, 0.2) is 0 Å². The Balaban J connectivity index is 2.53. The van der Waals surface area contributed by atoms with Crippen molar-refractivity contribution >= 4 is 27.5 Å². The summed E-state index contributed by atoms with van der Waals surface area (Å²) in [4.78, 5) is 38.6. The average molecular weight is 381 g/mol. The second kappa shape index (κ2) is 7.78. The second-order valence-electron chi connectivity index (χ2n) is 7.81. The van der Waals surface area contributed by atoms with E-state index in [1.807, 2.05) is 12.3 Å².